The molecule has 2 saturated carbocycles. The predicted molar refractivity (Wildman–Crippen MR) is 539 cm³/mol. The fraction of sp³-hybridized carbons (Fsp3) is 0.376. The summed E-state index contributed by atoms with van der Waals surface area (Å²) in [4.78, 5) is 13.6. The first-order valence-electron chi connectivity index (χ1n) is 47.0. The number of sulfonamides is 5. The van der Waals surface area contributed by atoms with Crippen molar-refractivity contribution in [2.45, 2.75) is 206 Å². The lowest BCUT2D eigenvalue weighted by Crippen LogP contribution is -2.19. The van der Waals surface area contributed by atoms with Crippen LogP contribution in [0.3, 0.4) is 0 Å². The van der Waals surface area contributed by atoms with Crippen LogP contribution in [0, 0.1) is 18.8 Å². The highest BCUT2D eigenvalue weighted by atomic mass is 32.2. The molecule has 0 saturated heterocycles. The van der Waals surface area contributed by atoms with E-state index in [-0.39, 0.29) is 50.6 Å². The molecule has 5 aromatic heterocycles. The van der Waals surface area contributed by atoms with Crippen LogP contribution in [0.4, 0.5) is 17.6 Å². The molecule has 16 rings (SSSR count). The molecule has 0 unspecified atom stereocenters. The van der Waals surface area contributed by atoms with E-state index in [9.17, 15) is 59.7 Å². The average Bonchev–Trinajstić information content (AvgIpc) is 1.78. The van der Waals surface area contributed by atoms with Crippen LogP contribution in [-0.4, -0.2) is 175 Å². The van der Waals surface area contributed by atoms with Crippen molar-refractivity contribution in [2.24, 2.45) is 18.9 Å². The van der Waals surface area contributed by atoms with Gasteiger partial charge in [0.15, 0.2) is 0 Å². The molecule has 0 aliphatic heterocycles. The Balaban J connectivity index is 0.000000161. The molecule has 0 radical (unpaired) electrons. The number of halogens is 4. The van der Waals surface area contributed by atoms with Gasteiger partial charge in [-0.2, -0.15) is 14.4 Å². The highest BCUT2D eigenvalue weighted by Crippen LogP contribution is 2.39. The zero-order valence-electron chi connectivity index (χ0n) is 82.0. The summed E-state index contributed by atoms with van der Waals surface area (Å²) in [6.07, 6.45) is 23.8. The molecule has 2 fully saturated rings. The van der Waals surface area contributed by atoms with Gasteiger partial charge in [-0.3, -0.25) is 0 Å². The highest BCUT2D eigenvalue weighted by molar-refractivity contribution is 7.90. The third kappa shape index (κ3) is 30.0. The van der Waals surface area contributed by atoms with E-state index in [1.807, 2.05) is 86.3 Å². The number of aromatic nitrogens is 16. The Morgan fingerprint density at radius 1 is 0.448 bits per heavy atom. The Bertz CT molecular complexity index is 7210. The molecule has 2 aliphatic carbocycles. The monoisotopic (exact) mass is 2060 g/mol. The van der Waals surface area contributed by atoms with Crippen LogP contribution < -0.4 is 23.6 Å². The van der Waals surface area contributed by atoms with Gasteiger partial charge in [-0.15, -0.1) is 30.6 Å². The molecule has 762 valence electrons. The molecule has 2 aliphatic rings. The Morgan fingerprint density at radius 3 is 1.24 bits per heavy atom. The topological polar surface area (TPSA) is 427 Å². The molecular weight excluding hydrogens is 1940 g/mol. The molecule has 0 spiro atoms. The van der Waals surface area contributed by atoms with Crippen LogP contribution in [0.15, 0.2) is 244 Å². The number of alkyl halides is 4. The number of benzene rings is 9. The Hall–Kier alpha value is -12.2. The second kappa shape index (κ2) is 49.4. The summed E-state index contributed by atoms with van der Waals surface area (Å²) in [5.74, 6) is -3.63. The van der Waals surface area contributed by atoms with Crippen LogP contribution in [0.25, 0.3) is 56.7 Å². The number of aliphatic hydroxyl groups excluding tert-OH is 1. The number of aryl methyl sites for hydroxylation is 3. The van der Waals surface area contributed by atoms with Gasteiger partial charge >= 0.3 is 0 Å². The Kier molecular flexibility index (Phi) is 37.9. The van der Waals surface area contributed by atoms with Gasteiger partial charge in [0.05, 0.1) is 94.7 Å². The fourth-order valence-electron chi connectivity index (χ4n) is 16.7. The summed E-state index contributed by atoms with van der Waals surface area (Å²) < 4.78 is 198. The number of hydrogen-bond donors (Lipinski definition) is 6. The maximum atomic E-state index is 13.6. The summed E-state index contributed by atoms with van der Waals surface area (Å²) >= 11 is 0. The van der Waals surface area contributed by atoms with E-state index in [0.29, 0.717) is 94.8 Å². The molecule has 0 atom stereocenters. The van der Waals surface area contributed by atoms with Crippen molar-refractivity contribution in [3.05, 3.63) is 286 Å². The molecule has 33 nitrogen and oxygen atoms in total. The van der Waals surface area contributed by atoms with E-state index in [1.54, 1.807) is 92.2 Å². The Morgan fingerprint density at radius 2 is 0.846 bits per heavy atom. The van der Waals surface area contributed by atoms with E-state index in [2.05, 4.69) is 116 Å². The van der Waals surface area contributed by atoms with Crippen LogP contribution in [-0.2, 0) is 132 Å². The first-order chi connectivity index (χ1) is 68.1. The minimum absolute atomic E-state index is 0.0308. The molecule has 42 heteroatoms. The number of hydrogen-bond acceptors (Lipinski definition) is 23. The lowest BCUT2D eigenvalue weighted by molar-refractivity contribution is 0.0168. The van der Waals surface area contributed by atoms with Gasteiger partial charge in [-0.05, 0) is 233 Å². The van der Waals surface area contributed by atoms with Crippen molar-refractivity contribution < 1.29 is 69.5 Å². The third-order valence-corrected chi connectivity index (χ3v) is 31.8. The highest BCUT2D eigenvalue weighted by Gasteiger charge is 2.30. The zero-order valence-corrected chi connectivity index (χ0v) is 86.1. The quantitative estimate of drug-likeness (QED) is 0.0157. The van der Waals surface area contributed by atoms with Gasteiger partial charge in [0.1, 0.15) is 0 Å². The molecule has 143 heavy (non-hydrogen) atoms. The minimum Gasteiger partial charge on any atom is -0.394 e. The van der Waals surface area contributed by atoms with Gasteiger partial charge < -0.3 is 19.0 Å². The molecule has 14 aromatic rings. The molecule has 0 bridgehead atoms. The average molecular weight is 2060 g/mol. The van der Waals surface area contributed by atoms with Crippen LogP contribution in [0.5, 0.6) is 0 Å². The van der Waals surface area contributed by atoms with Crippen molar-refractivity contribution in [1.82, 2.24) is 103 Å². The van der Waals surface area contributed by atoms with E-state index < -0.39 is 62.0 Å². The molecular formula is C101H123F4N21O12S5. The molecule has 6 N–H and O–H groups in total. The lowest BCUT2D eigenvalue weighted by Gasteiger charge is -2.23. The van der Waals surface area contributed by atoms with Crippen molar-refractivity contribution in [3.63, 3.8) is 0 Å². The number of ether oxygens (including phenoxy) is 1. The predicted octanol–water partition coefficient (Wildman–Crippen LogP) is 15.6. The van der Waals surface area contributed by atoms with E-state index in [4.69, 9.17) is 9.84 Å². The summed E-state index contributed by atoms with van der Waals surface area (Å²) in [6, 6.07) is 55.4. The van der Waals surface area contributed by atoms with Gasteiger partial charge in [0.25, 0.3) is 11.8 Å². The number of imidazole rings is 2. The van der Waals surface area contributed by atoms with Crippen LogP contribution in [0.1, 0.15) is 172 Å². The zero-order chi connectivity index (χ0) is 103. The number of aliphatic hydroxyl groups is 1. The van der Waals surface area contributed by atoms with Crippen molar-refractivity contribution in [3.8, 4) is 56.7 Å². The minimum atomic E-state index is -3.71. The van der Waals surface area contributed by atoms with E-state index >= 15 is 0 Å². The number of nitrogens with one attached hydrogen (secondary N) is 5. The summed E-state index contributed by atoms with van der Waals surface area (Å²) in [5.41, 5.74) is 14.9. The SMILES string of the molecule is CCn1cncc1-c1cc(S(=O)(=O)NC)ccc1CC1CCCCC1.CNS(=O)(=O)c1ccc(CC2CCCCC2)c(-c2cn(C(C)C)cn2)c1.CNS(=O)(=O)c1ccc(Cc2ccc(C(C)(F)F)cc2)c(-c2nnn(CCO)n2)c1.CNS(=O)(=O)c1ccc(Cc2ccc(C(C)(F)F)cc2)c(-c2nnn(CCOCc3ccccc3)n2)c1.CNS(=O)(=O)c1ccc(Cc2cccc(C)c2)c(-c2nnn(C)n2)c1. The first kappa shape index (κ1) is 110. The fourth-order valence-corrected chi connectivity index (χ4v) is 20.5. The van der Waals surface area contributed by atoms with Crippen molar-refractivity contribution in [1.29, 1.82) is 0 Å². The summed E-state index contributed by atoms with van der Waals surface area (Å²) in [7, 11) is -9.31. The summed E-state index contributed by atoms with van der Waals surface area (Å²) in [6.45, 7) is 12.0. The van der Waals surface area contributed by atoms with Crippen LogP contribution >= 0.6 is 0 Å². The normalized spacial score (nSPS) is 13.6. The number of rotatable bonds is 36. The van der Waals surface area contributed by atoms with Crippen molar-refractivity contribution in [2.75, 3.05) is 48.5 Å². The van der Waals surface area contributed by atoms with Gasteiger partial charge in [-0.25, -0.2) is 93.2 Å². The second-order valence-electron chi connectivity index (χ2n) is 35.4. The van der Waals surface area contributed by atoms with Crippen LogP contribution in [0.2, 0.25) is 0 Å². The molecule has 9 aromatic carbocycles. The molecule has 5 heterocycles. The number of nitrogens with zero attached hydrogens (tertiary/aromatic N) is 16. The summed E-state index contributed by atoms with van der Waals surface area (Å²) in [5, 5.41) is 45.8. The lowest BCUT2D eigenvalue weighted by atomic mass is 9.83. The van der Waals surface area contributed by atoms with E-state index in [0.717, 1.165) is 89.1 Å². The number of tetrazole rings is 3. The third-order valence-electron chi connectivity index (χ3n) is 24.7. The standard InChI is InChI=1S/C26H27F2N5O3S.C20H29N3O2S.C19H21F2N5O3S.C19H27N3O2S.C17H19N5O2S/c1-26(27,28)22-11-8-19(9-12-22)16-21-10-13-23(37(34,35)29-2)17-24(21)25-30-32-33(31-25)14-15-36-18-20-6-4-3-5-7-20;1-15(2)23-13-20(22-14-23)19-12-18(26(24,25)21-3)10-9-17(19)11-16-7-5-4-6-8-16;1-19(20,21)15-6-3-13(4-7-15)11-14-5-8-16(30(28,29)22-2)12-17(14)18-23-25-26(24-18)9-10-27;1-3-22-14-21-13-19(22)18-12-17(25(23,24)20-2)10-9-16(18)11-15-7-5-4-6-8-15;1-12-5-4-6-13(9-12)10-14-7-8-15(25(23,24)18-2)11-16(14)17-19-21-22(3)20-17/h3-13,17,29H,14-16,18H2,1-2H3;9-10,12-16,21H,4-8,11H2,1-3H3;3-8,12,22,27H,9-11H2,1-2H3;9-10,12-15,20H,3-8,11H2,1-2H3;4-9,11,18H,10H2,1-3H3. The Labute approximate surface area is 833 Å². The van der Waals surface area contributed by atoms with E-state index in [1.165, 1.54) is 179 Å². The maximum Gasteiger partial charge on any atom is 0.270 e. The van der Waals surface area contributed by atoms with Gasteiger partial charge in [0.2, 0.25) is 67.6 Å². The largest absolute Gasteiger partial charge is 0.394 e. The van der Waals surface area contributed by atoms with Crippen molar-refractivity contribution >= 4 is 50.1 Å². The first-order valence-corrected chi connectivity index (χ1v) is 54.5. The maximum absolute atomic E-state index is 13.6. The molecule has 0 amide bonds. The second-order valence-corrected chi connectivity index (χ2v) is 44.8. The van der Waals surface area contributed by atoms with Gasteiger partial charge in [-0.1, -0.05) is 203 Å². The smallest absolute Gasteiger partial charge is 0.270 e. The van der Waals surface area contributed by atoms with Gasteiger partial charge in [0, 0.05) is 71.6 Å².